The fourth-order valence-electron chi connectivity index (χ4n) is 3.43. The van der Waals surface area contributed by atoms with E-state index in [1.807, 2.05) is 0 Å². The van der Waals surface area contributed by atoms with Crippen LogP contribution in [0.4, 0.5) is 0 Å². The zero-order valence-electron chi connectivity index (χ0n) is 11.7. The summed E-state index contributed by atoms with van der Waals surface area (Å²) in [5.41, 5.74) is -0.0465. The lowest BCUT2D eigenvalue weighted by molar-refractivity contribution is -0.153. The van der Waals surface area contributed by atoms with E-state index in [9.17, 15) is 14.7 Å². The molecule has 0 spiro atoms. The van der Waals surface area contributed by atoms with Crippen molar-refractivity contribution in [3.8, 4) is 0 Å². The summed E-state index contributed by atoms with van der Waals surface area (Å²) >= 11 is 0. The summed E-state index contributed by atoms with van der Waals surface area (Å²) in [5, 5.41) is 9.23. The Balaban J connectivity index is 2.16. The van der Waals surface area contributed by atoms with Gasteiger partial charge in [0.15, 0.2) is 0 Å². The Kier molecular flexibility index (Phi) is 2.95. The quantitative estimate of drug-likeness (QED) is 0.820. The van der Waals surface area contributed by atoms with E-state index in [0.717, 1.165) is 12.8 Å². The molecule has 0 bridgehead atoms. The average Bonchev–Trinajstić information content (AvgIpc) is 2.68. The molecule has 2 aliphatic rings. The molecule has 0 unspecified atom stereocenters. The Morgan fingerprint density at radius 2 is 1.67 bits per heavy atom. The number of hydrogen-bond donors (Lipinski definition) is 1. The van der Waals surface area contributed by atoms with E-state index in [4.69, 9.17) is 0 Å². The Morgan fingerprint density at radius 1 is 1.11 bits per heavy atom. The van der Waals surface area contributed by atoms with Crippen LogP contribution in [0.3, 0.4) is 0 Å². The first-order valence-corrected chi connectivity index (χ1v) is 6.74. The van der Waals surface area contributed by atoms with E-state index in [0.29, 0.717) is 13.0 Å². The van der Waals surface area contributed by atoms with Gasteiger partial charge in [-0.2, -0.15) is 0 Å². The molecular formula is C14H23NO3. The summed E-state index contributed by atoms with van der Waals surface area (Å²) in [7, 11) is 0. The maximum atomic E-state index is 12.6. The van der Waals surface area contributed by atoms with Crippen molar-refractivity contribution in [2.24, 2.45) is 16.7 Å². The number of hydrogen-bond acceptors (Lipinski definition) is 2. The second-order valence-electron chi connectivity index (χ2n) is 6.76. The summed E-state index contributed by atoms with van der Waals surface area (Å²) < 4.78 is 0. The van der Waals surface area contributed by atoms with E-state index < -0.39 is 12.0 Å². The molecule has 1 aliphatic heterocycles. The van der Waals surface area contributed by atoms with Crippen molar-refractivity contribution in [3.05, 3.63) is 0 Å². The molecule has 2 fully saturated rings. The molecule has 1 saturated heterocycles. The highest BCUT2D eigenvalue weighted by atomic mass is 16.4. The maximum absolute atomic E-state index is 12.6. The maximum Gasteiger partial charge on any atom is 0.326 e. The Morgan fingerprint density at radius 3 is 2.11 bits per heavy atom. The first-order valence-electron chi connectivity index (χ1n) is 6.74. The summed E-state index contributed by atoms with van der Waals surface area (Å²) in [6, 6.07) is -0.613. The van der Waals surface area contributed by atoms with Crippen molar-refractivity contribution >= 4 is 11.9 Å². The van der Waals surface area contributed by atoms with Gasteiger partial charge in [-0.3, -0.25) is 4.79 Å². The lowest BCUT2D eigenvalue weighted by atomic mass is 10.0. The minimum atomic E-state index is -0.862. The van der Waals surface area contributed by atoms with Crippen molar-refractivity contribution < 1.29 is 14.7 Å². The number of rotatable bonds is 2. The van der Waals surface area contributed by atoms with Crippen LogP contribution in [0.25, 0.3) is 0 Å². The smallest absolute Gasteiger partial charge is 0.326 e. The highest BCUT2D eigenvalue weighted by Crippen LogP contribution is 2.68. The summed E-state index contributed by atoms with van der Waals surface area (Å²) in [6.45, 7) is 8.97. The average molecular weight is 253 g/mol. The number of carboxylic acid groups (broad SMARTS) is 1. The molecular weight excluding hydrogens is 230 g/mol. The van der Waals surface area contributed by atoms with Gasteiger partial charge in [-0.15, -0.1) is 0 Å². The molecule has 0 radical (unpaired) electrons. The molecule has 0 aromatic rings. The van der Waals surface area contributed by atoms with Crippen LogP contribution in [0.5, 0.6) is 0 Å². The molecule has 0 aromatic carbocycles. The molecule has 1 N–H and O–H groups in total. The van der Waals surface area contributed by atoms with Crippen molar-refractivity contribution in [1.29, 1.82) is 0 Å². The van der Waals surface area contributed by atoms with Gasteiger partial charge in [0.25, 0.3) is 0 Å². The van der Waals surface area contributed by atoms with E-state index >= 15 is 0 Å². The van der Waals surface area contributed by atoms with Crippen molar-refractivity contribution in [2.45, 2.75) is 53.0 Å². The predicted molar refractivity (Wildman–Crippen MR) is 68.0 cm³/mol. The minimum Gasteiger partial charge on any atom is -0.480 e. The minimum absolute atomic E-state index is 0.0232. The number of likely N-dealkylation sites (tertiary alicyclic amines) is 1. The van der Waals surface area contributed by atoms with Crippen molar-refractivity contribution in [3.63, 3.8) is 0 Å². The fourth-order valence-corrected chi connectivity index (χ4v) is 3.43. The second kappa shape index (κ2) is 3.97. The Hall–Kier alpha value is -1.06. The van der Waals surface area contributed by atoms with Crippen LogP contribution >= 0.6 is 0 Å². The van der Waals surface area contributed by atoms with E-state index in [-0.39, 0.29) is 22.7 Å². The first kappa shape index (κ1) is 13.4. The molecule has 1 heterocycles. The van der Waals surface area contributed by atoms with Gasteiger partial charge in [-0.25, -0.2) is 4.79 Å². The number of carboxylic acids is 1. The molecule has 1 atom stereocenters. The molecule has 4 heteroatoms. The van der Waals surface area contributed by atoms with Crippen LogP contribution in [-0.2, 0) is 9.59 Å². The predicted octanol–water partition coefficient (Wildman–Crippen LogP) is 2.13. The molecule has 1 amide bonds. The second-order valence-corrected chi connectivity index (χ2v) is 6.76. The van der Waals surface area contributed by atoms with Crippen LogP contribution < -0.4 is 0 Å². The largest absolute Gasteiger partial charge is 0.480 e. The van der Waals surface area contributed by atoms with Gasteiger partial charge < -0.3 is 10.0 Å². The van der Waals surface area contributed by atoms with Crippen LogP contribution in [0.1, 0.15) is 47.0 Å². The van der Waals surface area contributed by atoms with Gasteiger partial charge in [0.1, 0.15) is 6.04 Å². The van der Waals surface area contributed by atoms with Gasteiger partial charge in [-0.1, -0.05) is 27.7 Å². The van der Waals surface area contributed by atoms with Gasteiger partial charge in [-0.05, 0) is 30.1 Å². The Labute approximate surface area is 108 Å². The topological polar surface area (TPSA) is 57.6 Å². The van der Waals surface area contributed by atoms with E-state index in [2.05, 4.69) is 27.7 Å². The van der Waals surface area contributed by atoms with Crippen molar-refractivity contribution in [1.82, 2.24) is 4.90 Å². The van der Waals surface area contributed by atoms with E-state index in [1.54, 1.807) is 4.90 Å². The highest BCUT2D eigenvalue weighted by Gasteiger charge is 2.69. The standard InChI is InChI=1S/C14H23NO3/c1-13(2)10(14(13,3)4)11(16)15-8-6-5-7-9(15)12(17)18/h9-10H,5-8H2,1-4H3,(H,17,18)/t9-/m1/s1. The monoisotopic (exact) mass is 253 g/mol. The molecule has 2 rings (SSSR count). The number of aliphatic carboxylic acids is 1. The van der Waals surface area contributed by atoms with Crippen LogP contribution in [0.2, 0.25) is 0 Å². The van der Waals surface area contributed by atoms with Crippen LogP contribution in [-0.4, -0.2) is 34.5 Å². The highest BCUT2D eigenvalue weighted by molar-refractivity contribution is 5.88. The Bertz CT molecular complexity index is 373. The third-order valence-corrected chi connectivity index (χ3v) is 5.34. The summed E-state index contributed by atoms with van der Waals surface area (Å²) in [4.78, 5) is 25.4. The zero-order chi connectivity index (χ0) is 13.7. The summed E-state index contributed by atoms with van der Waals surface area (Å²) in [6.07, 6.45) is 2.41. The van der Waals surface area contributed by atoms with Gasteiger partial charge >= 0.3 is 5.97 Å². The van der Waals surface area contributed by atoms with Gasteiger partial charge in [0, 0.05) is 12.5 Å². The normalized spacial score (nSPS) is 30.0. The van der Waals surface area contributed by atoms with Crippen molar-refractivity contribution in [2.75, 3.05) is 6.54 Å². The SMILES string of the molecule is CC1(C)C(C(=O)N2CCCC[C@@H]2C(=O)O)C1(C)C. The van der Waals surface area contributed by atoms with Gasteiger partial charge in [0.2, 0.25) is 5.91 Å². The third-order valence-electron chi connectivity index (χ3n) is 5.34. The number of amides is 1. The molecule has 1 aliphatic carbocycles. The third kappa shape index (κ3) is 1.73. The molecule has 0 aromatic heterocycles. The number of nitrogens with zero attached hydrogens (tertiary/aromatic N) is 1. The lowest BCUT2D eigenvalue weighted by Gasteiger charge is -2.33. The first-order chi connectivity index (χ1) is 8.21. The fraction of sp³-hybridized carbons (Fsp3) is 0.857. The molecule has 1 saturated carbocycles. The number of carbonyl (C=O) groups is 2. The van der Waals surface area contributed by atoms with Crippen LogP contribution in [0.15, 0.2) is 0 Å². The molecule has 4 nitrogen and oxygen atoms in total. The lowest BCUT2D eigenvalue weighted by Crippen LogP contribution is -2.49. The van der Waals surface area contributed by atoms with Crippen LogP contribution in [0, 0.1) is 16.7 Å². The summed E-state index contributed by atoms with van der Waals surface area (Å²) in [5.74, 6) is -0.860. The number of piperidine rings is 1. The van der Waals surface area contributed by atoms with Gasteiger partial charge in [0.05, 0.1) is 0 Å². The van der Waals surface area contributed by atoms with E-state index in [1.165, 1.54) is 0 Å². The molecule has 102 valence electrons. The zero-order valence-corrected chi connectivity index (χ0v) is 11.7. The number of carbonyl (C=O) groups excluding carboxylic acids is 1. The molecule has 18 heavy (non-hydrogen) atoms.